The van der Waals surface area contributed by atoms with Gasteiger partial charge in [0, 0.05) is 13.7 Å². The number of carbonyl (C=O) groups is 1. The highest BCUT2D eigenvalue weighted by Gasteiger charge is 2.62. The van der Waals surface area contributed by atoms with Crippen LogP contribution in [0.3, 0.4) is 0 Å². The maximum Gasteiger partial charge on any atom is 0.307 e. The summed E-state index contributed by atoms with van der Waals surface area (Å²) in [4.78, 5) is 14.5. The number of methoxy groups -OCH3 is 1. The summed E-state index contributed by atoms with van der Waals surface area (Å²) in [6.45, 7) is 8.32. The number of rotatable bonds is 6. The molecule has 0 saturated heterocycles. The fourth-order valence-corrected chi connectivity index (χ4v) is 2.38. The van der Waals surface area contributed by atoms with Gasteiger partial charge in [0.1, 0.15) is 0 Å². The van der Waals surface area contributed by atoms with E-state index in [9.17, 15) is 4.79 Å². The van der Waals surface area contributed by atoms with Gasteiger partial charge >= 0.3 is 5.97 Å². The Balaban J connectivity index is 2.55. The van der Waals surface area contributed by atoms with Crippen molar-refractivity contribution in [2.24, 2.45) is 17.3 Å². The van der Waals surface area contributed by atoms with E-state index in [0.717, 1.165) is 6.42 Å². The first-order chi connectivity index (χ1) is 7.05. The first-order valence-electron chi connectivity index (χ1n) is 5.14. The van der Waals surface area contributed by atoms with Gasteiger partial charge in [0.25, 0.3) is 13.1 Å². The van der Waals surface area contributed by atoms with Gasteiger partial charge in [-0.05, 0) is 18.8 Å². The average molecular weight is 212 g/mol. The molecule has 1 fully saturated rings. The van der Waals surface area contributed by atoms with Crippen LogP contribution in [0.2, 0.25) is 0 Å². The Bertz CT molecular complexity index is 284. The molecule has 3 unspecified atom stereocenters. The van der Waals surface area contributed by atoms with Crippen molar-refractivity contribution in [1.29, 1.82) is 0 Å². The molecule has 4 heteroatoms. The van der Waals surface area contributed by atoms with Gasteiger partial charge in [-0.25, -0.2) is 0 Å². The molecule has 0 aliphatic heterocycles. The van der Waals surface area contributed by atoms with Crippen LogP contribution in [0.1, 0.15) is 19.8 Å². The van der Waals surface area contributed by atoms with Gasteiger partial charge in [-0.1, -0.05) is 11.8 Å². The van der Waals surface area contributed by atoms with Crippen molar-refractivity contribution in [2.75, 3.05) is 20.3 Å². The normalized spacial score (nSPS) is 30.6. The van der Waals surface area contributed by atoms with Crippen LogP contribution in [0.5, 0.6) is 0 Å². The van der Waals surface area contributed by atoms with Gasteiger partial charge in [-0.15, -0.1) is 0 Å². The second kappa shape index (κ2) is 4.63. The van der Waals surface area contributed by atoms with E-state index in [1.807, 2.05) is 0 Å². The lowest BCUT2D eigenvalue weighted by Crippen LogP contribution is -2.18. The van der Waals surface area contributed by atoms with Crippen LogP contribution in [0, 0.1) is 23.8 Å². The highest BCUT2D eigenvalue weighted by atomic mass is 16.5. The Morgan fingerprint density at radius 2 is 2.47 bits per heavy atom. The standard InChI is InChI=1S/C11H17NO3/c1-8(6-15-3)4-11(7-12-2)5-9(11)10(13)14/h2,8-9H,4-7H2,1,3H3/p+1. The van der Waals surface area contributed by atoms with Gasteiger partial charge in [-0.2, -0.15) is 0 Å². The maximum atomic E-state index is 10.9. The second-order valence-corrected chi connectivity index (χ2v) is 4.56. The summed E-state index contributed by atoms with van der Waals surface area (Å²) in [5.41, 5.74) is -0.210. The van der Waals surface area contributed by atoms with Gasteiger partial charge in [0.15, 0.2) is 0 Å². The predicted molar refractivity (Wildman–Crippen MR) is 57.0 cm³/mol. The zero-order valence-electron chi connectivity index (χ0n) is 9.27. The minimum absolute atomic E-state index is 0.210. The summed E-state index contributed by atoms with van der Waals surface area (Å²) < 4.78 is 5.04. The van der Waals surface area contributed by atoms with Crippen molar-refractivity contribution >= 4 is 5.97 Å². The van der Waals surface area contributed by atoms with E-state index in [-0.39, 0.29) is 11.3 Å². The van der Waals surface area contributed by atoms with Crippen molar-refractivity contribution in [2.45, 2.75) is 19.8 Å². The summed E-state index contributed by atoms with van der Waals surface area (Å²) in [5, 5.41) is 8.94. The highest BCUT2D eigenvalue weighted by molar-refractivity contribution is 5.75. The van der Waals surface area contributed by atoms with Gasteiger partial charge < -0.3 is 9.84 Å². The van der Waals surface area contributed by atoms with Crippen LogP contribution < -0.4 is 0 Å². The summed E-state index contributed by atoms with van der Waals surface area (Å²) in [5.74, 6) is -0.659. The second-order valence-electron chi connectivity index (χ2n) is 4.56. The third-order valence-corrected chi connectivity index (χ3v) is 3.10. The van der Waals surface area contributed by atoms with Crippen molar-refractivity contribution < 1.29 is 14.6 Å². The van der Waals surface area contributed by atoms with Crippen LogP contribution in [0.15, 0.2) is 0 Å². The maximum absolute atomic E-state index is 10.9. The molecule has 0 bridgehead atoms. The SMILES string of the molecule is C#[N+]CC1(CC(C)COC)CC1C(=O)O. The van der Waals surface area contributed by atoms with Gasteiger partial charge in [-0.3, -0.25) is 4.79 Å². The van der Waals surface area contributed by atoms with E-state index >= 15 is 0 Å². The highest BCUT2D eigenvalue weighted by Crippen LogP contribution is 2.57. The van der Waals surface area contributed by atoms with Crippen molar-refractivity contribution in [3.05, 3.63) is 4.85 Å². The van der Waals surface area contributed by atoms with Crippen molar-refractivity contribution in [1.82, 2.24) is 0 Å². The number of nitrogens with zero attached hydrogens (tertiary/aromatic N) is 1. The third kappa shape index (κ3) is 2.69. The molecule has 0 radical (unpaired) electrons. The number of hydrogen-bond acceptors (Lipinski definition) is 2. The molecule has 1 aliphatic rings. The van der Waals surface area contributed by atoms with Gasteiger partial charge in [0.2, 0.25) is 0 Å². The van der Waals surface area contributed by atoms with Crippen LogP contribution in [-0.2, 0) is 9.53 Å². The van der Waals surface area contributed by atoms with E-state index < -0.39 is 5.97 Å². The molecular formula is C11H18NO3+. The summed E-state index contributed by atoms with van der Waals surface area (Å²) >= 11 is 0. The van der Waals surface area contributed by atoms with Crippen molar-refractivity contribution in [3.63, 3.8) is 0 Å². The Kier molecular flexibility index (Phi) is 3.70. The van der Waals surface area contributed by atoms with E-state index in [1.54, 1.807) is 7.11 Å². The molecule has 3 atom stereocenters. The summed E-state index contributed by atoms with van der Waals surface area (Å²) in [6.07, 6.45) is 1.51. The zero-order valence-corrected chi connectivity index (χ0v) is 9.27. The molecule has 0 aromatic carbocycles. The van der Waals surface area contributed by atoms with Crippen molar-refractivity contribution in [3.8, 4) is 6.57 Å². The van der Waals surface area contributed by atoms with Crippen LogP contribution in [-0.4, -0.2) is 31.3 Å². The monoisotopic (exact) mass is 212 g/mol. The molecule has 4 nitrogen and oxygen atoms in total. The molecule has 1 saturated carbocycles. The molecule has 1 rings (SSSR count). The van der Waals surface area contributed by atoms with Crippen LogP contribution in [0.25, 0.3) is 4.85 Å². The topological polar surface area (TPSA) is 50.9 Å². The van der Waals surface area contributed by atoms with Crippen LogP contribution in [0.4, 0.5) is 0 Å². The Hall–Kier alpha value is -1.08. The number of carboxylic acids is 1. The minimum atomic E-state index is -0.733. The number of aliphatic carboxylic acids is 1. The van der Waals surface area contributed by atoms with E-state index in [1.165, 1.54) is 0 Å². The molecule has 0 aromatic rings. The first-order valence-corrected chi connectivity index (χ1v) is 5.14. The lowest BCUT2D eigenvalue weighted by molar-refractivity contribution is -0.139. The molecule has 1 aliphatic carbocycles. The molecule has 84 valence electrons. The minimum Gasteiger partial charge on any atom is -0.481 e. The summed E-state index contributed by atoms with van der Waals surface area (Å²) in [7, 11) is 1.65. The largest absolute Gasteiger partial charge is 0.481 e. The summed E-state index contributed by atoms with van der Waals surface area (Å²) in [6, 6.07) is 0. The lowest BCUT2D eigenvalue weighted by atomic mass is 9.91. The number of hydrogen-bond donors (Lipinski definition) is 1. The molecule has 0 aromatic heterocycles. The number of ether oxygens (including phenoxy) is 1. The molecule has 0 heterocycles. The third-order valence-electron chi connectivity index (χ3n) is 3.10. The molecule has 1 N–H and O–H groups in total. The zero-order chi connectivity index (χ0) is 11.5. The average Bonchev–Trinajstić information content (AvgIpc) is 2.80. The molecule has 15 heavy (non-hydrogen) atoms. The fraction of sp³-hybridized carbons (Fsp3) is 0.818. The van der Waals surface area contributed by atoms with Crippen LogP contribution >= 0.6 is 0 Å². The predicted octanol–water partition coefficient (Wildman–Crippen LogP) is 1.71. The van der Waals surface area contributed by atoms with Gasteiger partial charge in [0.05, 0.1) is 11.3 Å². The lowest BCUT2D eigenvalue weighted by Gasteiger charge is -2.14. The molecule has 0 amide bonds. The molecule has 0 spiro atoms. The Morgan fingerprint density at radius 1 is 1.80 bits per heavy atom. The smallest absolute Gasteiger partial charge is 0.307 e. The molecular weight excluding hydrogens is 194 g/mol. The number of carboxylic acid groups (broad SMARTS) is 1. The first kappa shape index (κ1) is 12.0. The fourth-order valence-electron chi connectivity index (χ4n) is 2.38. The van der Waals surface area contributed by atoms with E-state index in [0.29, 0.717) is 25.5 Å². The van der Waals surface area contributed by atoms with E-state index in [2.05, 4.69) is 11.8 Å². The Labute approximate surface area is 90.1 Å². The quantitative estimate of drug-likeness (QED) is 0.729. The Morgan fingerprint density at radius 3 is 2.87 bits per heavy atom. The van der Waals surface area contributed by atoms with E-state index in [4.69, 9.17) is 16.4 Å².